The molecule has 2 heterocycles. The van der Waals surface area contributed by atoms with Crippen LogP contribution in [0.25, 0.3) is 0 Å². The van der Waals surface area contributed by atoms with E-state index in [0.717, 1.165) is 48.1 Å². The molecule has 0 aliphatic carbocycles. The summed E-state index contributed by atoms with van der Waals surface area (Å²) in [5.41, 5.74) is 8.40. The third kappa shape index (κ3) is 4.62. The van der Waals surface area contributed by atoms with Crippen molar-refractivity contribution >= 4 is 41.7 Å². The lowest BCUT2D eigenvalue weighted by molar-refractivity contribution is 0.254. The van der Waals surface area contributed by atoms with Crippen molar-refractivity contribution in [2.45, 2.75) is 32.9 Å². The summed E-state index contributed by atoms with van der Waals surface area (Å²) in [4.78, 5) is 6.74. The van der Waals surface area contributed by atoms with E-state index in [-0.39, 0.29) is 30.1 Å². The molecule has 3 rings (SSSR count). The summed E-state index contributed by atoms with van der Waals surface area (Å²) in [7, 11) is 0. The fourth-order valence-electron chi connectivity index (χ4n) is 2.95. The van der Waals surface area contributed by atoms with E-state index in [4.69, 9.17) is 15.2 Å². The number of hydrogen-bond acceptors (Lipinski definition) is 4. The van der Waals surface area contributed by atoms with Crippen LogP contribution < -0.4 is 15.2 Å². The molecule has 134 valence electrons. The number of nitrogens with zero attached hydrogens (tertiary/aromatic N) is 2. The van der Waals surface area contributed by atoms with E-state index in [9.17, 15) is 0 Å². The van der Waals surface area contributed by atoms with Gasteiger partial charge in [-0.3, -0.25) is 0 Å². The Bertz CT molecular complexity index is 591. The molecule has 1 saturated heterocycles. The number of halogens is 1. The van der Waals surface area contributed by atoms with Gasteiger partial charge in [0.05, 0.1) is 13.2 Å². The summed E-state index contributed by atoms with van der Waals surface area (Å²) in [5.74, 6) is 4.71. The van der Waals surface area contributed by atoms with Gasteiger partial charge in [-0.05, 0) is 26.0 Å². The topological polar surface area (TPSA) is 60.1 Å². The van der Waals surface area contributed by atoms with Crippen LogP contribution in [0.4, 0.5) is 0 Å². The van der Waals surface area contributed by atoms with E-state index < -0.39 is 0 Å². The van der Waals surface area contributed by atoms with Crippen LogP contribution in [0.15, 0.2) is 17.1 Å². The lowest BCUT2D eigenvalue weighted by atomic mass is 10.1. The van der Waals surface area contributed by atoms with Gasteiger partial charge in [-0.1, -0.05) is 0 Å². The molecule has 0 saturated carbocycles. The minimum Gasteiger partial charge on any atom is -0.494 e. The van der Waals surface area contributed by atoms with Crippen LogP contribution >= 0.6 is 35.7 Å². The van der Waals surface area contributed by atoms with Gasteiger partial charge in [0.2, 0.25) is 0 Å². The number of hydrogen-bond donors (Lipinski definition) is 1. The van der Waals surface area contributed by atoms with Crippen LogP contribution in [0.3, 0.4) is 0 Å². The zero-order valence-corrected chi connectivity index (χ0v) is 17.4. The van der Waals surface area contributed by atoms with Gasteiger partial charge in [0.15, 0.2) is 5.96 Å². The summed E-state index contributed by atoms with van der Waals surface area (Å²) in [6.07, 6.45) is 1.17. The van der Waals surface area contributed by atoms with Gasteiger partial charge in [0, 0.05) is 42.1 Å². The second-order valence-corrected chi connectivity index (χ2v) is 7.13. The highest BCUT2D eigenvalue weighted by Gasteiger charge is 2.22. The fraction of sp³-hybridized carbons (Fsp3) is 0.588. The standard InChI is InChI=1S/C17H25N3O2S.HI/c1-3-21-15-9-13-8-12(2)22-16(13)10-14(15)11-19-17(18)20-4-6-23-7-5-20;/h9-10,12H,3-8,11H2,1-2H3,(H2,18,19);1H. The summed E-state index contributed by atoms with van der Waals surface area (Å²) >= 11 is 1.96. The zero-order chi connectivity index (χ0) is 16.2. The van der Waals surface area contributed by atoms with E-state index in [1.54, 1.807) is 0 Å². The molecule has 7 heteroatoms. The van der Waals surface area contributed by atoms with E-state index in [1.165, 1.54) is 5.56 Å². The van der Waals surface area contributed by atoms with Crippen molar-refractivity contribution < 1.29 is 9.47 Å². The van der Waals surface area contributed by atoms with Crippen molar-refractivity contribution in [2.24, 2.45) is 10.7 Å². The molecule has 0 aromatic heterocycles. The number of fused-ring (bicyclic) bond motifs is 1. The minimum absolute atomic E-state index is 0. The number of guanidine groups is 1. The first-order chi connectivity index (χ1) is 11.2. The maximum atomic E-state index is 6.15. The predicted octanol–water partition coefficient (Wildman–Crippen LogP) is 2.89. The Hall–Kier alpha value is -0.830. The molecule has 1 atom stereocenters. The Balaban J connectivity index is 0.00000208. The van der Waals surface area contributed by atoms with E-state index >= 15 is 0 Å². The highest BCUT2D eigenvalue weighted by Crippen LogP contribution is 2.35. The van der Waals surface area contributed by atoms with Gasteiger partial charge >= 0.3 is 0 Å². The molecule has 2 N–H and O–H groups in total. The molecule has 5 nitrogen and oxygen atoms in total. The van der Waals surface area contributed by atoms with E-state index in [2.05, 4.69) is 28.9 Å². The quantitative estimate of drug-likeness (QED) is 0.423. The largest absolute Gasteiger partial charge is 0.494 e. The van der Waals surface area contributed by atoms with Crippen LogP contribution in [-0.2, 0) is 13.0 Å². The SMILES string of the molecule is CCOc1cc2c(cc1CN=C(N)N1CCSCC1)OC(C)C2.I. The highest BCUT2D eigenvalue weighted by molar-refractivity contribution is 14.0. The molecule has 1 aromatic rings. The van der Waals surface area contributed by atoms with Crippen LogP contribution in [0.5, 0.6) is 11.5 Å². The number of nitrogens with two attached hydrogens (primary N) is 1. The Morgan fingerprint density at radius 3 is 2.88 bits per heavy atom. The highest BCUT2D eigenvalue weighted by atomic mass is 127. The number of aliphatic imine (C=N–C) groups is 1. The lowest BCUT2D eigenvalue weighted by Crippen LogP contribution is -2.42. The number of rotatable bonds is 4. The summed E-state index contributed by atoms with van der Waals surface area (Å²) in [6, 6.07) is 4.16. The first-order valence-corrected chi connectivity index (χ1v) is 9.40. The third-order valence-corrected chi connectivity index (χ3v) is 5.07. The third-order valence-electron chi connectivity index (χ3n) is 4.13. The molecule has 24 heavy (non-hydrogen) atoms. The normalized spacial score (nSPS) is 20.2. The van der Waals surface area contributed by atoms with Gasteiger partial charge in [0.25, 0.3) is 0 Å². The van der Waals surface area contributed by atoms with Gasteiger partial charge in [0.1, 0.15) is 17.6 Å². The zero-order valence-electron chi connectivity index (χ0n) is 14.3. The van der Waals surface area contributed by atoms with Crippen molar-refractivity contribution in [3.05, 3.63) is 23.3 Å². The molecular formula is C17H26IN3O2S. The maximum Gasteiger partial charge on any atom is 0.191 e. The fourth-order valence-corrected chi connectivity index (χ4v) is 3.86. The van der Waals surface area contributed by atoms with Crippen LogP contribution in [0.1, 0.15) is 25.0 Å². The van der Waals surface area contributed by atoms with Crippen molar-refractivity contribution in [2.75, 3.05) is 31.2 Å². The van der Waals surface area contributed by atoms with Gasteiger partial charge in [-0.15, -0.1) is 24.0 Å². The molecule has 0 radical (unpaired) electrons. The second kappa shape index (κ2) is 9.03. The van der Waals surface area contributed by atoms with E-state index in [0.29, 0.717) is 19.1 Å². The summed E-state index contributed by atoms with van der Waals surface area (Å²) in [6.45, 7) is 7.20. The first-order valence-electron chi connectivity index (χ1n) is 8.25. The van der Waals surface area contributed by atoms with Crippen molar-refractivity contribution in [1.29, 1.82) is 0 Å². The average molecular weight is 463 g/mol. The van der Waals surface area contributed by atoms with Crippen LogP contribution in [0.2, 0.25) is 0 Å². The van der Waals surface area contributed by atoms with Gasteiger partial charge in [-0.2, -0.15) is 11.8 Å². The monoisotopic (exact) mass is 463 g/mol. The second-order valence-electron chi connectivity index (χ2n) is 5.91. The minimum atomic E-state index is 0. The Kier molecular flexibility index (Phi) is 7.34. The summed E-state index contributed by atoms with van der Waals surface area (Å²) < 4.78 is 11.6. The number of ether oxygens (including phenoxy) is 2. The van der Waals surface area contributed by atoms with Crippen molar-refractivity contribution in [3.63, 3.8) is 0 Å². The predicted molar refractivity (Wildman–Crippen MR) is 111 cm³/mol. The molecule has 1 aromatic carbocycles. The number of benzene rings is 1. The van der Waals surface area contributed by atoms with Crippen LogP contribution in [-0.4, -0.2) is 48.2 Å². The Morgan fingerprint density at radius 2 is 2.17 bits per heavy atom. The Morgan fingerprint density at radius 1 is 1.42 bits per heavy atom. The molecule has 1 fully saturated rings. The lowest BCUT2D eigenvalue weighted by Gasteiger charge is -2.27. The summed E-state index contributed by atoms with van der Waals surface area (Å²) in [5, 5.41) is 0. The number of thioether (sulfide) groups is 1. The molecule has 2 aliphatic rings. The first kappa shape index (κ1) is 19.5. The van der Waals surface area contributed by atoms with E-state index in [1.807, 2.05) is 18.7 Å². The van der Waals surface area contributed by atoms with Gasteiger partial charge < -0.3 is 20.1 Å². The van der Waals surface area contributed by atoms with Crippen LogP contribution in [0, 0.1) is 0 Å². The molecule has 0 bridgehead atoms. The average Bonchev–Trinajstić information content (AvgIpc) is 2.92. The molecule has 0 amide bonds. The molecule has 0 spiro atoms. The molecule has 2 aliphatic heterocycles. The maximum absolute atomic E-state index is 6.15. The molecule has 1 unspecified atom stereocenters. The molecular weight excluding hydrogens is 437 g/mol. The van der Waals surface area contributed by atoms with Gasteiger partial charge in [-0.25, -0.2) is 4.99 Å². The Labute approximate surface area is 165 Å². The van der Waals surface area contributed by atoms with Crippen molar-refractivity contribution in [1.82, 2.24) is 4.90 Å². The smallest absolute Gasteiger partial charge is 0.191 e. The van der Waals surface area contributed by atoms with Crippen molar-refractivity contribution in [3.8, 4) is 11.5 Å².